The largest absolute Gasteiger partial charge is 0.297 e. The van der Waals surface area contributed by atoms with E-state index in [0.717, 1.165) is 20.0 Å². The number of nitrogens with zero attached hydrogens (tertiary/aromatic N) is 2. The van der Waals surface area contributed by atoms with Gasteiger partial charge in [0.1, 0.15) is 20.0 Å². The molecule has 0 spiro atoms. The summed E-state index contributed by atoms with van der Waals surface area (Å²) in [6.45, 7) is 5.71. The molecule has 0 amide bonds. The summed E-state index contributed by atoms with van der Waals surface area (Å²) in [6.07, 6.45) is 0. The average molecular weight is 143 g/mol. The zero-order chi connectivity index (χ0) is 6.97. The van der Waals surface area contributed by atoms with Gasteiger partial charge in [0.2, 0.25) is 0 Å². The second-order valence-electron chi connectivity index (χ2n) is 3.32. The molecule has 0 radical (unpaired) electrons. The maximum atomic E-state index is 3.37. The first kappa shape index (κ1) is 6.54. The van der Waals surface area contributed by atoms with E-state index in [1.54, 1.807) is 4.90 Å². The van der Waals surface area contributed by atoms with Crippen LogP contribution in [0.3, 0.4) is 0 Å². The minimum atomic E-state index is 1.06. The van der Waals surface area contributed by atoms with E-state index in [9.17, 15) is 0 Å². The molecular formula is C6H15N4+. The Morgan fingerprint density at radius 1 is 1.40 bits per heavy atom. The predicted molar refractivity (Wildman–Crippen MR) is 38.0 cm³/mol. The third-order valence-corrected chi connectivity index (χ3v) is 2.09. The molecule has 58 valence electrons. The molecule has 4 nitrogen and oxygen atoms in total. The molecule has 0 aliphatic carbocycles. The molecule has 0 aromatic rings. The second-order valence-corrected chi connectivity index (χ2v) is 3.32. The van der Waals surface area contributed by atoms with Crippen LogP contribution < -0.4 is 10.2 Å². The van der Waals surface area contributed by atoms with Crippen molar-refractivity contribution in [3.05, 3.63) is 0 Å². The lowest BCUT2D eigenvalue weighted by Crippen LogP contribution is -3.19. The molecule has 2 rings (SSSR count). The summed E-state index contributed by atoms with van der Waals surface area (Å²) in [5.41, 5.74) is 0. The molecule has 2 saturated heterocycles. The lowest BCUT2D eigenvalue weighted by Gasteiger charge is -2.41. The van der Waals surface area contributed by atoms with Gasteiger partial charge in [0, 0.05) is 0 Å². The highest BCUT2D eigenvalue weighted by Crippen LogP contribution is 1.91. The van der Waals surface area contributed by atoms with E-state index < -0.39 is 0 Å². The molecule has 4 heteroatoms. The zero-order valence-electron chi connectivity index (χ0n) is 6.43. The molecule has 2 atom stereocenters. The Labute approximate surface area is 61.4 Å². The molecule has 2 aliphatic rings. The SMILES string of the molecule is CN1CN2CNC[NH+](C1)C2. The summed E-state index contributed by atoms with van der Waals surface area (Å²) >= 11 is 0. The monoisotopic (exact) mass is 143 g/mol. The minimum Gasteiger partial charge on any atom is -0.297 e. The van der Waals surface area contributed by atoms with E-state index in [-0.39, 0.29) is 0 Å². The minimum absolute atomic E-state index is 1.06. The van der Waals surface area contributed by atoms with Crippen molar-refractivity contribution in [3.8, 4) is 0 Å². The Morgan fingerprint density at radius 2 is 2.30 bits per heavy atom. The fourth-order valence-electron chi connectivity index (χ4n) is 1.80. The van der Waals surface area contributed by atoms with Crippen molar-refractivity contribution in [2.45, 2.75) is 0 Å². The third-order valence-electron chi connectivity index (χ3n) is 2.09. The fourth-order valence-corrected chi connectivity index (χ4v) is 1.80. The van der Waals surface area contributed by atoms with Gasteiger partial charge in [-0.15, -0.1) is 0 Å². The maximum absolute atomic E-state index is 3.37. The summed E-state index contributed by atoms with van der Waals surface area (Å²) in [7, 11) is 2.18. The van der Waals surface area contributed by atoms with Crippen LogP contribution in [0.4, 0.5) is 0 Å². The molecular weight excluding hydrogens is 128 g/mol. The summed E-state index contributed by atoms with van der Waals surface area (Å²) in [5.74, 6) is 0. The topological polar surface area (TPSA) is 22.9 Å². The average Bonchev–Trinajstić information content (AvgIpc) is 1.85. The highest BCUT2D eigenvalue weighted by molar-refractivity contribution is 4.56. The number of quaternary nitrogens is 1. The van der Waals surface area contributed by atoms with Gasteiger partial charge in [-0.05, 0) is 7.05 Å². The Morgan fingerprint density at radius 3 is 3.10 bits per heavy atom. The van der Waals surface area contributed by atoms with E-state index in [4.69, 9.17) is 0 Å². The molecule has 0 aromatic carbocycles. The first-order chi connectivity index (χ1) is 4.84. The number of hydrogen-bond acceptors (Lipinski definition) is 3. The normalized spacial score (nSPS) is 41.7. The smallest absolute Gasteiger partial charge is 0.137 e. The Balaban J connectivity index is 1.98. The van der Waals surface area contributed by atoms with Crippen molar-refractivity contribution in [2.75, 3.05) is 40.4 Å². The lowest BCUT2D eigenvalue weighted by atomic mass is 10.5. The molecule has 0 saturated carbocycles. The van der Waals surface area contributed by atoms with Crippen LogP contribution in [0, 0.1) is 0 Å². The van der Waals surface area contributed by atoms with Crippen molar-refractivity contribution in [3.63, 3.8) is 0 Å². The van der Waals surface area contributed by atoms with Crippen LogP contribution in [0.15, 0.2) is 0 Å². The van der Waals surface area contributed by atoms with Gasteiger partial charge >= 0.3 is 0 Å². The van der Waals surface area contributed by atoms with Gasteiger partial charge in [0.25, 0.3) is 0 Å². The van der Waals surface area contributed by atoms with Crippen LogP contribution in [0.5, 0.6) is 0 Å². The van der Waals surface area contributed by atoms with E-state index in [2.05, 4.69) is 22.2 Å². The van der Waals surface area contributed by atoms with Crippen molar-refractivity contribution >= 4 is 0 Å². The van der Waals surface area contributed by atoms with Crippen LogP contribution in [0.1, 0.15) is 0 Å². The van der Waals surface area contributed by atoms with Gasteiger partial charge in [0.15, 0.2) is 0 Å². The van der Waals surface area contributed by atoms with Gasteiger partial charge in [-0.3, -0.25) is 10.2 Å². The van der Waals surface area contributed by atoms with Gasteiger partial charge in [-0.1, -0.05) is 0 Å². The van der Waals surface area contributed by atoms with Gasteiger partial charge < -0.3 is 0 Å². The summed E-state index contributed by atoms with van der Waals surface area (Å²) < 4.78 is 0. The Hall–Kier alpha value is -0.160. The molecule has 2 unspecified atom stereocenters. The van der Waals surface area contributed by atoms with E-state index in [1.165, 1.54) is 13.3 Å². The van der Waals surface area contributed by atoms with Crippen LogP contribution in [-0.2, 0) is 0 Å². The molecule has 2 aliphatic heterocycles. The van der Waals surface area contributed by atoms with Gasteiger partial charge in [0.05, 0.1) is 13.3 Å². The Kier molecular flexibility index (Phi) is 1.61. The first-order valence-corrected chi connectivity index (χ1v) is 3.80. The Bertz CT molecular complexity index is 111. The number of rotatable bonds is 0. The van der Waals surface area contributed by atoms with Gasteiger partial charge in [-0.25, -0.2) is 9.80 Å². The standard InChI is InChI=1S/C6H14N4/c1-8-4-9-2-7-3-10(5-8)6-9/h7H,2-6H2,1H3/p+1. The van der Waals surface area contributed by atoms with E-state index in [1.807, 2.05) is 0 Å². The van der Waals surface area contributed by atoms with Crippen LogP contribution in [0.2, 0.25) is 0 Å². The van der Waals surface area contributed by atoms with Crippen molar-refractivity contribution in [1.82, 2.24) is 15.1 Å². The predicted octanol–water partition coefficient (Wildman–Crippen LogP) is -2.49. The number of nitrogens with one attached hydrogen (secondary N) is 2. The molecule has 2 fully saturated rings. The van der Waals surface area contributed by atoms with E-state index in [0.29, 0.717) is 0 Å². The molecule has 2 bridgehead atoms. The maximum Gasteiger partial charge on any atom is 0.137 e. The first-order valence-electron chi connectivity index (χ1n) is 3.80. The molecule has 2 heterocycles. The third kappa shape index (κ3) is 1.15. The van der Waals surface area contributed by atoms with Crippen LogP contribution in [0.25, 0.3) is 0 Å². The molecule has 0 aromatic heterocycles. The second kappa shape index (κ2) is 2.47. The van der Waals surface area contributed by atoms with Crippen LogP contribution >= 0.6 is 0 Å². The highest BCUT2D eigenvalue weighted by Gasteiger charge is 2.26. The lowest BCUT2D eigenvalue weighted by molar-refractivity contribution is -0.938. The van der Waals surface area contributed by atoms with Crippen molar-refractivity contribution in [1.29, 1.82) is 0 Å². The number of hydrogen-bond donors (Lipinski definition) is 2. The molecule has 10 heavy (non-hydrogen) atoms. The van der Waals surface area contributed by atoms with Crippen LogP contribution in [-0.4, -0.2) is 50.2 Å². The zero-order valence-corrected chi connectivity index (χ0v) is 6.43. The number of fused-ring (bicyclic) bond motifs is 2. The highest BCUT2D eigenvalue weighted by atomic mass is 15.5. The fraction of sp³-hybridized carbons (Fsp3) is 1.00. The van der Waals surface area contributed by atoms with E-state index >= 15 is 0 Å². The van der Waals surface area contributed by atoms with Gasteiger partial charge in [-0.2, -0.15) is 0 Å². The van der Waals surface area contributed by atoms with Crippen molar-refractivity contribution in [2.24, 2.45) is 0 Å². The summed E-state index contributed by atoms with van der Waals surface area (Å²) in [5, 5.41) is 3.37. The summed E-state index contributed by atoms with van der Waals surface area (Å²) in [6, 6.07) is 0. The summed E-state index contributed by atoms with van der Waals surface area (Å²) in [4.78, 5) is 6.40. The molecule has 2 N–H and O–H groups in total. The quantitative estimate of drug-likeness (QED) is 0.392. The van der Waals surface area contributed by atoms with Crippen molar-refractivity contribution < 1.29 is 4.90 Å².